The van der Waals surface area contributed by atoms with Crippen LogP contribution in [0.5, 0.6) is 0 Å². The standard InChI is InChI=1S/C16H28N6O2.HI/c1-17-15(18-7-4-12-24-14-13-23-2)21-8-10-22(11-9-21)16-19-5-3-6-20-16;/h3,5-6H,4,7-14H2,1-2H3,(H,17,18);1H. The number of hydrogen-bond donors (Lipinski definition) is 1. The smallest absolute Gasteiger partial charge is 0.225 e. The quantitative estimate of drug-likeness (QED) is 0.265. The van der Waals surface area contributed by atoms with E-state index in [1.54, 1.807) is 19.5 Å². The van der Waals surface area contributed by atoms with Crippen LogP contribution in [0.15, 0.2) is 23.5 Å². The van der Waals surface area contributed by atoms with Crippen LogP contribution in [0.2, 0.25) is 0 Å². The lowest BCUT2D eigenvalue weighted by Crippen LogP contribution is -2.53. The molecule has 0 aliphatic carbocycles. The second kappa shape index (κ2) is 13.1. The Hall–Kier alpha value is -1.20. The molecule has 0 bridgehead atoms. The van der Waals surface area contributed by atoms with Crippen LogP contribution < -0.4 is 10.2 Å². The third kappa shape index (κ3) is 7.70. The molecule has 1 N–H and O–H groups in total. The summed E-state index contributed by atoms with van der Waals surface area (Å²) < 4.78 is 10.4. The summed E-state index contributed by atoms with van der Waals surface area (Å²) in [6.07, 6.45) is 4.51. The molecule has 0 atom stereocenters. The van der Waals surface area contributed by atoms with Crippen molar-refractivity contribution >= 4 is 35.9 Å². The summed E-state index contributed by atoms with van der Waals surface area (Å²) in [6, 6.07) is 1.84. The van der Waals surface area contributed by atoms with E-state index in [-0.39, 0.29) is 24.0 Å². The number of ether oxygens (including phenoxy) is 2. The Morgan fingerprint density at radius 3 is 2.52 bits per heavy atom. The van der Waals surface area contributed by atoms with Crippen LogP contribution in [0, 0.1) is 0 Å². The van der Waals surface area contributed by atoms with Crippen molar-refractivity contribution in [2.45, 2.75) is 6.42 Å². The molecular weight excluding hydrogens is 435 g/mol. The first-order valence-electron chi connectivity index (χ1n) is 8.39. The number of anilines is 1. The molecule has 0 radical (unpaired) electrons. The van der Waals surface area contributed by atoms with Crippen LogP contribution in [-0.2, 0) is 9.47 Å². The van der Waals surface area contributed by atoms with Crippen LogP contribution >= 0.6 is 24.0 Å². The lowest BCUT2D eigenvalue weighted by atomic mass is 10.3. The van der Waals surface area contributed by atoms with Gasteiger partial charge < -0.3 is 24.6 Å². The van der Waals surface area contributed by atoms with Gasteiger partial charge in [-0.2, -0.15) is 0 Å². The lowest BCUT2D eigenvalue weighted by Gasteiger charge is -2.36. The number of aliphatic imine (C=N–C) groups is 1. The van der Waals surface area contributed by atoms with Gasteiger partial charge in [-0.15, -0.1) is 24.0 Å². The van der Waals surface area contributed by atoms with Crippen molar-refractivity contribution in [2.75, 3.05) is 71.6 Å². The van der Waals surface area contributed by atoms with E-state index in [1.807, 2.05) is 13.1 Å². The molecular formula is C16H29IN6O2. The van der Waals surface area contributed by atoms with Gasteiger partial charge in [0.15, 0.2) is 5.96 Å². The highest BCUT2D eigenvalue weighted by molar-refractivity contribution is 14.0. The molecule has 2 rings (SSSR count). The van der Waals surface area contributed by atoms with E-state index >= 15 is 0 Å². The first kappa shape index (κ1) is 21.8. The molecule has 1 aromatic rings. The van der Waals surface area contributed by atoms with Crippen molar-refractivity contribution in [3.8, 4) is 0 Å². The van der Waals surface area contributed by atoms with Gasteiger partial charge in [0.25, 0.3) is 0 Å². The maximum Gasteiger partial charge on any atom is 0.225 e. The molecule has 0 aromatic carbocycles. The van der Waals surface area contributed by atoms with Crippen molar-refractivity contribution in [3.63, 3.8) is 0 Å². The molecule has 9 heteroatoms. The molecule has 2 heterocycles. The largest absolute Gasteiger partial charge is 0.382 e. The van der Waals surface area contributed by atoms with Crippen molar-refractivity contribution in [1.82, 2.24) is 20.2 Å². The molecule has 1 aliphatic heterocycles. The van der Waals surface area contributed by atoms with E-state index in [4.69, 9.17) is 9.47 Å². The highest BCUT2D eigenvalue weighted by atomic mass is 127. The Morgan fingerprint density at radius 2 is 1.88 bits per heavy atom. The maximum absolute atomic E-state index is 5.46. The van der Waals surface area contributed by atoms with Gasteiger partial charge in [0.2, 0.25) is 5.95 Å². The fraction of sp³-hybridized carbons (Fsp3) is 0.688. The van der Waals surface area contributed by atoms with Crippen LogP contribution in [0.25, 0.3) is 0 Å². The van der Waals surface area contributed by atoms with Gasteiger partial charge >= 0.3 is 0 Å². The van der Waals surface area contributed by atoms with Gasteiger partial charge in [0, 0.05) is 65.9 Å². The van der Waals surface area contributed by atoms with E-state index in [0.29, 0.717) is 13.2 Å². The van der Waals surface area contributed by atoms with Crippen molar-refractivity contribution in [3.05, 3.63) is 18.5 Å². The Balaban J connectivity index is 0.00000312. The number of rotatable bonds is 8. The molecule has 25 heavy (non-hydrogen) atoms. The van der Waals surface area contributed by atoms with E-state index in [2.05, 4.69) is 30.1 Å². The third-order valence-electron chi connectivity index (χ3n) is 3.81. The van der Waals surface area contributed by atoms with Gasteiger partial charge in [-0.05, 0) is 12.5 Å². The number of halogens is 1. The number of nitrogens with zero attached hydrogens (tertiary/aromatic N) is 5. The minimum Gasteiger partial charge on any atom is -0.382 e. The molecule has 0 unspecified atom stereocenters. The summed E-state index contributed by atoms with van der Waals surface area (Å²) in [5, 5.41) is 3.40. The van der Waals surface area contributed by atoms with E-state index in [0.717, 1.165) is 57.7 Å². The summed E-state index contributed by atoms with van der Waals surface area (Å²) in [6.45, 7) is 6.47. The third-order valence-corrected chi connectivity index (χ3v) is 3.81. The normalized spacial score (nSPS) is 15.0. The SMILES string of the molecule is CN=C(NCCCOCCOC)N1CCN(c2ncccn2)CC1.I. The molecule has 0 saturated carbocycles. The highest BCUT2D eigenvalue weighted by Crippen LogP contribution is 2.09. The average Bonchev–Trinajstić information content (AvgIpc) is 2.65. The number of aromatic nitrogens is 2. The van der Waals surface area contributed by atoms with Crippen molar-refractivity contribution < 1.29 is 9.47 Å². The maximum atomic E-state index is 5.46. The summed E-state index contributed by atoms with van der Waals surface area (Å²) in [5.74, 6) is 1.74. The summed E-state index contributed by atoms with van der Waals surface area (Å²) >= 11 is 0. The second-order valence-corrected chi connectivity index (χ2v) is 5.46. The van der Waals surface area contributed by atoms with Gasteiger partial charge in [0.1, 0.15) is 0 Å². The fourth-order valence-corrected chi connectivity index (χ4v) is 2.52. The summed E-state index contributed by atoms with van der Waals surface area (Å²) in [7, 11) is 3.50. The predicted octanol–water partition coefficient (Wildman–Crippen LogP) is 0.845. The predicted molar refractivity (Wildman–Crippen MR) is 110 cm³/mol. The summed E-state index contributed by atoms with van der Waals surface area (Å²) in [4.78, 5) is 17.5. The molecule has 1 saturated heterocycles. The average molecular weight is 464 g/mol. The minimum atomic E-state index is 0. The topological polar surface area (TPSA) is 75.1 Å². The first-order valence-corrected chi connectivity index (χ1v) is 8.39. The molecule has 0 amide bonds. The zero-order chi connectivity index (χ0) is 17.0. The number of nitrogens with one attached hydrogen (secondary N) is 1. The summed E-state index contributed by atoms with van der Waals surface area (Å²) in [5.41, 5.74) is 0. The van der Waals surface area contributed by atoms with Crippen molar-refractivity contribution in [2.24, 2.45) is 4.99 Å². The van der Waals surface area contributed by atoms with Gasteiger partial charge in [-0.25, -0.2) is 9.97 Å². The Kier molecular flexibility index (Phi) is 11.4. The zero-order valence-corrected chi connectivity index (χ0v) is 17.4. The second-order valence-electron chi connectivity index (χ2n) is 5.46. The minimum absolute atomic E-state index is 0. The molecule has 142 valence electrons. The lowest BCUT2D eigenvalue weighted by molar-refractivity contribution is 0.0698. The monoisotopic (exact) mass is 464 g/mol. The molecule has 8 nitrogen and oxygen atoms in total. The zero-order valence-electron chi connectivity index (χ0n) is 15.1. The molecule has 1 fully saturated rings. The van der Waals surface area contributed by atoms with Crippen LogP contribution in [0.4, 0.5) is 5.95 Å². The number of guanidine groups is 1. The first-order chi connectivity index (χ1) is 11.8. The van der Waals surface area contributed by atoms with Gasteiger partial charge in [0.05, 0.1) is 13.2 Å². The Labute approximate surface area is 167 Å². The Bertz CT molecular complexity index is 483. The Morgan fingerprint density at radius 1 is 1.16 bits per heavy atom. The molecule has 1 aliphatic rings. The number of piperazine rings is 1. The number of methoxy groups -OCH3 is 1. The van der Waals surface area contributed by atoms with Crippen molar-refractivity contribution in [1.29, 1.82) is 0 Å². The van der Waals surface area contributed by atoms with Gasteiger partial charge in [-0.3, -0.25) is 4.99 Å². The van der Waals surface area contributed by atoms with E-state index < -0.39 is 0 Å². The highest BCUT2D eigenvalue weighted by Gasteiger charge is 2.20. The van der Waals surface area contributed by atoms with Gasteiger partial charge in [-0.1, -0.05) is 0 Å². The molecule has 1 aromatic heterocycles. The van der Waals surface area contributed by atoms with Crippen LogP contribution in [-0.4, -0.2) is 87.5 Å². The fourth-order valence-electron chi connectivity index (χ4n) is 2.52. The molecule has 0 spiro atoms. The van der Waals surface area contributed by atoms with Crippen LogP contribution in [0.3, 0.4) is 0 Å². The van der Waals surface area contributed by atoms with Crippen LogP contribution in [0.1, 0.15) is 6.42 Å². The van der Waals surface area contributed by atoms with E-state index in [1.165, 1.54) is 0 Å². The number of hydrogen-bond acceptors (Lipinski definition) is 6. The van der Waals surface area contributed by atoms with E-state index in [9.17, 15) is 0 Å².